The maximum Gasteiger partial charge on any atom is 0.0158 e. The van der Waals surface area contributed by atoms with E-state index in [-0.39, 0.29) is 5.41 Å². The molecule has 0 bridgehead atoms. The van der Waals surface area contributed by atoms with Gasteiger partial charge in [0.05, 0.1) is 0 Å². The van der Waals surface area contributed by atoms with Gasteiger partial charge in [0.25, 0.3) is 0 Å². The van der Waals surface area contributed by atoms with E-state index in [1.54, 1.807) is 0 Å². The molecule has 0 N–H and O–H groups in total. The summed E-state index contributed by atoms with van der Waals surface area (Å²) in [6.45, 7) is 4.72. The van der Waals surface area contributed by atoms with E-state index in [9.17, 15) is 0 Å². The van der Waals surface area contributed by atoms with Crippen LogP contribution in [0.2, 0.25) is 0 Å². The van der Waals surface area contributed by atoms with Gasteiger partial charge >= 0.3 is 0 Å². The first-order valence-corrected chi connectivity index (χ1v) is 10.6. The van der Waals surface area contributed by atoms with Crippen molar-refractivity contribution in [1.29, 1.82) is 0 Å². The summed E-state index contributed by atoms with van der Waals surface area (Å²) >= 11 is 0. The van der Waals surface area contributed by atoms with E-state index >= 15 is 0 Å². The van der Waals surface area contributed by atoms with Crippen LogP contribution in [-0.4, -0.2) is 0 Å². The summed E-state index contributed by atoms with van der Waals surface area (Å²) < 4.78 is 0. The van der Waals surface area contributed by atoms with Crippen LogP contribution in [0.1, 0.15) is 47.2 Å². The molecular weight excluding hydrogens is 348 g/mol. The Kier molecular flexibility index (Phi) is 3.44. The molecule has 0 heterocycles. The Labute approximate surface area is 172 Å². The lowest BCUT2D eigenvalue weighted by molar-refractivity contribution is 0.659. The van der Waals surface area contributed by atoms with Crippen LogP contribution in [0.5, 0.6) is 0 Å². The monoisotopic (exact) mass is 372 g/mol. The second-order valence-corrected chi connectivity index (χ2v) is 9.00. The Morgan fingerprint density at radius 2 is 1.38 bits per heavy atom. The highest BCUT2D eigenvalue weighted by atomic mass is 14.4. The summed E-state index contributed by atoms with van der Waals surface area (Å²) in [5, 5.41) is 0. The number of hydrogen-bond acceptors (Lipinski definition) is 0. The lowest BCUT2D eigenvalue weighted by Gasteiger charge is -2.22. The first-order chi connectivity index (χ1) is 14.1. The van der Waals surface area contributed by atoms with Gasteiger partial charge in [-0.2, -0.15) is 0 Å². The predicted octanol–water partition coefficient (Wildman–Crippen LogP) is 7.15. The number of hydrogen-bond donors (Lipinski definition) is 0. The highest BCUT2D eigenvalue weighted by Gasteiger charge is 2.35. The number of rotatable bonds is 2. The zero-order valence-electron chi connectivity index (χ0n) is 17.0. The summed E-state index contributed by atoms with van der Waals surface area (Å²) in [7, 11) is 0. The first-order valence-electron chi connectivity index (χ1n) is 10.6. The fourth-order valence-corrected chi connectivity index (χ4v) is 5.47. The van der Waals surface area contributed by atoms with Crippen molar-refractivity contribution >= 4 is 0 Å². The van der Waals surface area contributed by atoms with Crippen molar-refractivity contribution in [3.05, 3.63) is 118 Å². The van der Waals surface area contributed by atoms with Crippen LogP contribution < -0.4 is 0 Å². The molecule has 0 heteroatoms. The van der Waals surface area contributed by atoms with Crippen molar-refractivity contribution in [3.63, 3.8) is 0 Å². The summed E-state index contributed by atoms with van der Waals surface area (Å²) in [4.78, 5) is 0. The van der Waals surface area contributed by atoms with Gasteiger partial charge in [-0.15, -0.1) is 0 Å². The van der Waals surface area contributed by atoms with Gasteiger partial charge in [0, 0.05) is 5.41 Å². The Balaban J connectivity index is 1.41. The number of fused-ring (bicyclic) bond motifs is 6. The maximum atomic E-state index is 2.46. The predicted molar refractivity (Wildman–Crippen MR) is 121 cm³/mol. The van der Waals surface area contributed by atoms with Crippen LogP contribution in [0.15, 0.2) is 84.9 Å². The van der Waals surface area contributed by atoms with Gasteiger partial charge in [-0.1, -0.05) is 98.8 Å². The molecule has 0 amide bonds. The van der Waals surface area contributed by atoms with Crippen molar-refractivity contribution < 1.29 is 0 Å². The molecule has 0 nitrogen and oxygen atoms in total. The van der Waals surface area contributed by atoms with E-state index in [0.29, 0.717) is 0 Å². The third kappa shape index (κ3) is 2.39. The van der Waals surface area contributed by atoms with E-state index in [4.69, 9.17) is 0 Å². The third-order valence-corrected chi connectivity index (χ3v) is 6.99. The van der Waals surface area contributed by atoms with Crippen LogP contribution in [0, 0.1) is 0 Å². The summed E-state index contributed by atoms with van der Waals surface area (Å²) in [5.41, 5.74) is 14.5. The van der Waals surface area contributed by atoms with Crippen molar-refractivity contribution in [2.75, 3.05) is 0 Å². The molecule has 2 aliphatic rings. The van der Waals surface area contributed by atoms with Crippen molar-refractivity contribution in [2.24, 2.45) is 0 Å². The van der Waals surface area contributed by atoms with Crippen molar-refractivity contribution in [1.82, 2.24) is 0 Å². The normalized spacial score (nSPS) is 14.8. The van der Waals surface area contributed by atoms with E-state index in [1.165, 1.54) is 55.6 Å². The fraction of sp³-hybridized carbons (Fsp3) is 0.172. The van der Waals surface area contributed by atoms with E-state index in [2.05, 4.69) is 98.8 Å². The summed E-state index contributed by atoms with van der Waals surface area (Å²) in [6, 6.07) is 31.7. The molecular formula is C29H24. The summed E-state index contributed by atoms with van der Waals surface area (Å²) in [6.07, 6.45) is 2.06. The molecule has 0 aliphatic heterocycles. The van der Waals surface area contributed by atoms with Crippen molar-refractivity contribution in [3.8, 4) is 22.3 Å². The standard InChI is InChI=1S/C29H24/c1-29(2)27-13-6-5-11-24(27)25-15-14-19(17-28(25)29)16-20-9-7-12-23-22-10-4-3-8-21(22)18-26(20)23/h3-15,17H,16,18H2,1-2H3. The van der Waals surface area contributed by atoms with Crippen LogP contribution in [0.4, 0.5) is 0 Å². The molecule has 0 radical (unpaired) electrons. The molecule has 0 atom stereocenters. The van der Waals surface area contributed by atoms with Gasteiger partial charge in [0.1, 0.15) is 0 Å². The highest BCUT2D eigenvalue weighted by Crippen LogP contribution is 2.49. The van der Waals surface area contributed by atoms with Crippen LogP contribution in [-0.2, 0) is 18.3 Å². The van der Waals surface area contributed by atoms with Gasteiger partial charge in [-0.05, 0) is 68.5 Å². The minimum atomic E-state index is 0.0663. The SMILES string of the molecule is CC1(C)c2ccccc2-c2ccc(Cc3cccc4c3Cc3ccccc3-4)cc21. The molecule has 0 saturated heterocycles. The lowest BCUT2D eigenvalue weighted by atomic mass is 9.81. The van der Waals surface area contributed by atoms with E-state index in [1.807, 2.05) is 0 Å². The van der Waals surface area contributed by atoms with Gasteiger partial charge in [-0.3, -0.25) is 0 Å². The average molecular weight is 373 g/mol. The quantitative estimate of drug-likeness (QED) is 0.308. The molecule has 29 heavy (non-hydrogen) atoms. The maximum absolute atomic E-state index is 2.46. The zero-order chi connectivity index (χ0) is 19.6. The molecule has 4 aromatic carbocycles. The smallest absolute Gasteiger partial charge is 0.0158 e. The van der Waals surface area contributed by atoms with Gasteiger partial charge in [0.2, 0.25) is 0 Å². The lowest BCUT2D eigenvalue weighted by Crippen LogP contribution is -2.15. The van der Waals surface area contributed by atoms with Crippen LogP contribution >= 0.6 is 0 Å². The van der Waals surface area contributed by atoms with Crippen LogP contribution in [0.25, 0.3) is 22.3 Å². The number of benzene rings is 4. The van der Waals surface area contributed by atoms with Crippen molar-refractivity contribution in [2.45, 2.75) is 32.1 Å². The average Bonchev–Trinajstić information content (AvgIpc) is 3.23. The second-order valence-electron chi connectivity index (χ2n) is 9.00. The Bertz CT molecular complexity index is 1270. The second kappa shape index (κ2) is 5.94. The highest BCUT2D eigenvalue weighted by molar-refractivity contribution is 5.81. The Morgan fingerprint density at radius 1 is 0.655 bits per heavy atom. The largest absolute Gasteiger partial charge is 0.0619 e. The zero-order valence-corrected chi connectivity index (χ0v) is 17.0. The van der Waals surface area contributed by atoms with Gasteiger partial charge in [-0.25, -0.2) is 0 Å². The topological polar surface area (TPSA) is 0 Å². The molecule has 0 spiro atoms. The molecule has 140 valence electrons. The third-order valence-electron chi connectivity index (χ3n) is 6.99. The molecule has 0 saturated carbocycles. The van der Waals surface area contributed by atoms with E-state index in [0.717, 1.165) is 12.8 Å². The van der Waals surface area contributed by atoms with Gasteiger partial charge in [0.15, 0.2) is 0 Å². The molecule has 0 fully saturated rings. The van der Waals surface area contributed by atoms with E-state index < -0.39 is 0 Å². The Hall–Kier alpha value is -3.12. The van der Waals surface area contributed by atoms with Crippen LogP contribution in [0.3, 0.4) is 0 Å². The van der Waals surface area contributed by atoms with Gasteiger partial charge < -0.3 is 0 Å². The Morgan fingerprint density at radius 3 is 2.28 bits per heavy atom. The summed E-state index contributed by atoms with van der Waals surface area (Å²) in [5.74, 6) is 0. The fourth-order valence-electron chi connectivity index (χ4n) is 5.47. The molecule has 6 rings (SSSR count). The molecule has 0 unspecified atom stereocenters. The molecule has 4 aromatic rings. The minimum Gasteiger partial charge on any atom is -0.0619 e. The first kappa shape index (κ1) is 16.8. The molecule has 2 aliphatic carbocycles. The molecule has 0 aromatic heterocycles. The minimum absolute atomic E-state index is 0.0663.